The van der Waals surface area contributed by atoms with Gasteiger partial charge < -0.3 is 35.4 Å². The van der Waals surface area contributed by atoms with Crippen LogP contribution in [0.5, 0.6) is 0 Å². The molecule has 0 aliphatic carbocycles. The van der Waals surface area contributed by atoms with E-state index >= 15 is 0 Å². The molecule has 5 N–H and O–H groups in total. The van der Waals surface area contributed by atoms with Crippen molar-refractivity contribution in [1.82, 2.24) is 0 Å². The molecule has 1 aliphatic rings. The monoisotopic (exact) mass is 416 g/mol. The van der Waals surface area contributed by atoms with Gasteiger partial charge in [0, 0.05) is 23.1 Å². The van der Waals surface area contributed by atoms with E-state index in [1.54, 1.807) is 12.1 Å². The first-order valence-corrected chi connectivity index (χ1v) is 9.89. The van der Waals surface area contributed by atoms with E-state index in [1.807, 2.05) is 42.5 Å². The predicted molar refractivity (Wildman–Crippen MR) is 113 cm³/mol. The maximum Gasteiger partial charge on any atom is 0.256 e. The smallest absolute Gasteiger partial charge is 0.256 e. The zero-order valence-corrected chi connectivity index (χ0v) is 16.9. The van der Waals surface area contributed by atoms with E-state index in [0.717, 1.165) is 11.4 Å². The zero-order chi connectivity index (χ0) is 21.8. The molecule has 30 heavy (non-hydrogen) atoms. The van der Waals surface area contributed by atoms with Gasteiger partial charge in [0.15, 0.2) is 6.10 Å². The highest BCUT2D eigenvalue weighted by atomic mass is 16.5. The second-order valence-corrected chi connectivity index (χ2v) is 7.58. The van der Waals surface area contributed by atoms with Gasteiger partial charge >= 0.3 is 0 Å². The Morgan fingerprint density at radius 2 is 1.57 bits per heavy atom. The number of nitrogens with zero attached hydrogens (tertiary/aromatic N) is 1. The molecule has 2 aromatic rings. The number of aliphatic hydroxyl groups is 4. The van der Waals surface area contributed by atoms with Gasteiger partial charge in [-0.3, -0.25) is 4.79 Å². The van der Waals surface area contributed by atoms with Crippen LogP contribution in [0.25, 0.3) is 0 Å². The summed E-state index contributed by atoms with van der Waals surface area (Å²) in [6.45, 7) is 3.58. The van der Waals surface area contributed by atoms with Crippen LogP contribution in [0.3, 0.4) is 0 Å². The molecule has 0 radical (unpaired) electrons. The Balaban J connectivity index is 1.73. The molecule has 0 unspecified atom stereocenters. The Morgan fingerprint density at radius 1 is 0.967 bits per heavy atom. The minimum atomic E-state index is -1.61. The number of hydrogen-bond donors (Lipinski definition) is 5. The van der Waals surface area contributed by atoms with Crippen molar-refractivity contribution < 1.29 is 30.0 Å². The highest BCUT2D eigenvalue weighted by molar-refractivity contribution is 5.95. The Hall–Kier alpha value is -2.49. The van der Waals surface area contributed by atoms with Crippen LogP contribution in [0.1, 0.15) is 13.8 Å². The molecule has 5 atom stereocenters. The van der Waals surface area contributed by atoms with E-state index in [4.69, 9.17) is 4.74 Å². The van der Waals surface area contributed by atoms with E-state index in [2.05, 4.69) is 24.1 Å². The lowest BCUT2D eigenvalue weighted by Gasteiger charge is -2.39. The van der Waals surface area contributed by atoms with Crippen LogP contribution in [-0.2, 0) is 9.53 Å². The molecule has 1 fully saturated rings. The SMILES string of the molecule is CC(C)N(c1ccccc1)c1ccc(NC(=O)[C@@H]2O[C@H](CO)[C@H](O)[C@H](O)[C@H]2O)cc1. The van der Waals surface area contributed by atoms with Gasteiger partial charge in [-0.2, -0.15) is 0 Å². The summed E-state index contributed by atoms with van der Waals surface area (Å²) in [6, 6.07) is 17.4. The van der Waals surface area contributed by atoms with Crippen molar-refractivity contribution >= 4 is 23.0 Å². The second kappa shape index (κ2) is 9.55. The Labute approximate surface area is 175 Å². The maximum absolute atomic E-state index is 12.6. The largest absolute Gasteiger partial charge is 0.394 e. The van der Waals surface area contributed by atoms with Crippen molar-refractivity contribution in [1.29, 1.82) is 0 Å². The van der Waals surface area contributed by atoms with Crippen LogP contribution in [0.2, 0.25) is 0 Å². The summed E-state index contributed by atoms with van der Waals surface area (Å²) in [5, 5.41) is 41.7. The Kier molecular flexibility index (Phi) is 7.06. The van der Waals surface area contributed by atoms with E-state index in [9.17, 15) is 25.2 Å². The normalized spacial score (nSPS) is 26.4. The quantitative estimate of drug-likeness (QED) is 0.476. The molecule has 8 heteroatoms. The molecule has 2 aromatic carbocycles. The van der Waals surface area contributed by atoms with Crippen molar-refractivity contribution in [2.75, 3.05) is 16.8 Å². The molecule has 162 valence electrons. The summed E-state index contributed by atoms with van der Waals surface area (Å²) in [7, 11) is 0. The Morgan fingerprint density at radius 3 is 2.13 bits per heavy atom. The summed E-state index contributed by atoms with van der Waals surface area (Å²) in [5.74, 6) is -0.677. The number of carbonyl (C=O) groups is 1. The van der Waals surface area contributed by atoms with Gasteiger partial charge in [-0.25, -0.2) is 0 Å². The molecule has 3 rings (SSSR count). The molecule has 8 nitrogen and oxygen atoms in total. The molecule has 0 spiro atoms. The average molecular weight is 416 g/mol. The fourth-order valence-electron chi connectivity index (χ4n) is 3.57. The number of aliphatic hydroxyl groups excluding tert-OH is 4. The molecule has 1 amide bonds. The van der Waals surface area contributed by atoms with Crippen LogP contribution >= 0.6 is 0 Å². The average Bonchev–Trinajstić information content (AvgIpc) is 2.74. The van der Waals surface area contributed by atoms with Gasteiger partial charge in [0.25, 0.3) is 5.91 Å². The number of amides is 1. The van der Waals surface area contributed by atoms with Gasteiger partial charge in [-0.1, -0.05) is 18.2 Å². The van der Waals surface area contributed by atoms with Crippen molar-refractivity contribution in [2.24, 2.45) is 0 Å². The lowest BCUT2D eigenvalue weighted by molar-refractivity contribution is -0.224. The van der Waals surface area contributed by atoms with Crippen molar-refractivity contribution in [3.8, 4) is 0 Å². The van der Waals surface area contributed by atoms with Gasteiger partial charge in [0.1, 0.15) is 24.4 Å². The minimum Gasteiger partial charge on any atom is -0.394 e. The topological polar surface area (TPSA) is 122 Å². The van der Waals surface area contributed by atoms with Crippen molar-refractivity contribution in [3.63, 3.8) is 0 Å². The van der Waals surface area contributed by atoms with Crippen LogP contribution in [-0.4, -0.2) is 69.5 Å². The second-order valence-electron chi connectivity index (χ2n) is 7.58. The molecular formula is C22H28N2O6. The number of benzene rings is 2. The molecule has 1 aliphatic heterocycles. The fourth-order valence-corrected chi connectivity index (χ4v) is 3.57. The predicted octanol–water partition coefficient (Wildman–Crippen LogP) is 1.01. The molecule has 0 bridgehead atoms. The summed E-state index contributed by atoms with van der Waals surface area (Å²) >= 11 is 0. The first kappa shape index (κ1) is 22.2. The van der Waals surface area contributed by atoms with Gasteiger partial charge in [0.2, 0.25) is 0 Å². The third kappa shape index (κ3) is 4.63. The van der Waals surface area contributed by atoms with Gasteiger partial charge in [0.05, 0.1) is 6.61 Å². The van der Waals surface area contributed by atoms with E-state index in [1.165, 1.54) is 0 Å². The molecule has 1 heterocycles. The first-order chi connectivity index (χ1) is 14.3. The minimum absolute atomic E-state index is 0.210. The lowest BCUT2D eigenvalue weighted by Crippen LogP contribution is -2.61. The standard InChI is InChI=1S/C22H28N2O6/c1-13(2)24(15-6-4-3-5-7-15)16-10-8-14(9-11-16)23-22(29)21-20(28)19(27)18(26)17(12-25)30-21/h3-11,13,17-21,25-28H,12H2,1-2H3,(H,23,29)/t17-,18+,19+,20-,21-/m1/s1. The lowest BCUT2D eigenvalue weighted by atomic mass is 9.94. The number of carbonyl (C=O) groups excluding carboxylic acids is 1. The van der Waals surface area contributed by atoms with Gasteiger partial charge in [-0.15, -0.1) is 0 Å². The Bertz CT molecular complexity index is 827. The number of ether oxygens (including phenoxy) is 1. The summed E-state index contributed by atoms with van der Waals surface area (Å²) in [4.78, 5) is 14.7. The summed E-state index contributed by atoms with van der Waals surface area (Å²) < 4.78 is 5.29. The molecule has 0 aromatic heterocycles. The van der Waals surface area contributed by atoms with E-state index in [-0.39, 0.29) is 6.04 Å². The highest BCUT2D eigenvalue weighted by Crippen LogP contribution is 2.29. The molecular weight excluding hydrogens is 388 g/mol. The first-order valence-electron chi connectivity index (χ1n) is 9.89. The van der Waals surface area contributed by atoms with Crippen LogP contribution in [0.4, 0.5) is 17.1 Å². The third-order valence-electron chi connectivity index (χ3n) is 5.11. The molecule has 1 saturated heterocycles. The number of rotatable bonds is 6. The summed E-state index contributed by atoms with van der Waals surface area (Å²) in [5.41, 5.74) is 2.48. The van der Waals surface area contributed by atoms with Crippen LogP contribution < -0.4 is 10.2 Å². The number of anilines is 3. The van der Waals surface area contributed by atoms with Crippen LogP contribution in [0.15, 0.2) is 54.6 Å². The van der Waals surface area contributed by atoms with Crippen molar-refractivity contribution in [3.05, 3.63) is 54.6 Å². The van der Waals surface area contributed by atoms with Gasteiger partial charge in [-0.05, 0) is 50.2 Å². The summed E-state index contributed by atoms with van der Waals surface area (Å²) in [6.07, 6.45) is -7.27. The van der Waals surface area contributed by atoms with Crippen molar-refractivity contribution in [2.45, 2.75) is 50.4 Å². The zero-order valence-electron chi connectivity index (χ0n) is 16.9. The highest BCUT2D eigenvalue weighted by Gasteiger charge is 2.46. The maximum atomic E-state index is 12.6. The molecule has 0 saturated carbocycles. The fraction of sp³-hybridized carbons (Fsp3) is 0.409. The third-order valence-corrected chi connectivity index (χ3v) is 5.11. The number of nitrogens with one attached hydrogen (secondary N) is 1. The van der Waals surface area contributed by atoms with E-state index in [0.29, 0.717) is 5.69 Å². The van der Waals surface area contributed by atoms with Crippen LogP contribution in [0, 0.1) is 0 Å². The van der Waals surface area contributed by atoms with E-state index < -0.39 is 43.0 Å². The number of para-hydroxylation sites is 1. The number of hydrogen-bond acceptors (Lipinski definition) is 7.